The monoisotopic (exact) mass is 247 g/mol. The van der Waals surface area contributed by atoms with Gasteiger partial charge in [-0.2, -0.15) is 11.3 Å². The van der Waals surface area contributed by atoms with Gasteiger partial charge in [0.2, 0.25) is 0 Å². The van der Waals surface area contributed by atoms with Crippen LogP contribution >= 0.6 is 11.3 Å². The van der Waals surface area contributed by atoms with Gasteiger partial charge < -0.3 is 10.5 Å². The molecule has 1 aromatic heterocycles. The van der Waals surface area contributed by atoms with Gasteiger partial charge in [-0.3, -0.25) is 0 Å². The molecule has 0 aliphatic heterocycles. The van der Waals surface area contributed by atoms with Gasteiger partial charge in [0, 0.05) is 11.6 Å². The minimum atomic E-state index is -0.0614. The van der Waals surface area contributed by atoms with Crippen molar-refractivity contribution in [2.45, 2.75) is 25.5 Å². The molecule has 0 bridgehead atoms. The number of nitrogens with two attached hydrogens (primary N) is 1. The Morgan fingerprint density at radius 2 is 2.00 bits per heavy atom. The van der Waals surface area contributed by atoms with Gasteiger partial charge in [-0.15, -0.1) is 0 Å². The van der Waals surface area contributed by atoms with Crippen LogP contribution in [-0.4, -0.2) is 6.04 Å². The summed E-state index contributed by atoms with van der Waals surface area (Å²) in [6.07, 6.45) is 0.835. The molecule has 1 aromatic carbocycles. The normalized spacial score (nSPS) is 14.2. The van der Waals surface area contributed by atoms with Crippen LogP contribution in [0.25, 0.3) is 0 Å². The first kappa shape index (κ1) is 12.1. The van der Waals surface area contributed by atoms with Crippen molar-refractivity contribution in [3.63, 3.8) is 0 Å². The first-order valence-corrected chi connectivity index (χ1v) is 6.75. The molecule has 3 heteroatoms. The number of hydrogen-bond acceptors (Lipinski definition) is 3. The van der Waals surface area contributed by atoms with Gasteiger partial charge in [0.25, 0.3) is 0 Å². The van der Waals surface area contributed by atoms with E-state index in [-0.39, 0.29) is 12.1 Å². The molecule has 0 saturated heterocycles. The van der Waals surface area contributed by atoms with E-state index in [0.717, 1.165) is 17.7 Å². The SMILES string of the molecule is CCC(N)C(Oc1ccccc1)c1ccsc1. The maximum atomic E-state index is 6.14. The molecule has 2 rings (SSSR count). The van der Waals surface area contributed by atoms with Crippen LogP contribution in [0.5, 0.6) is 5.75 Å². The molecular weight excluding hydrogens is 230 g/mol. The first-order valence-electron chi connectivity index (χ1n) is 5.80. The number of ether oxygens (including phenoxy) is 1. The van der Waals surface area contributed by atoms with Crippen LogP contribution in [0, 0.1) is 0 Å². The smallest absolute Gasteiger partial charge is 0.140 e. The van der Waals surface area contributed by atoms with E-state index in [9.17, 15) is 0 Å². The van der Waals surface area contributed by atoms with Crippen molar-refractivity contribution in [1.82, 2.24) is 0 Å². The second kappa shape index (κ2) is 5.84. The van der Waals surface area contributed by atoms with E-state index in [0.29, 0.717) is 0 Å². The summed E-state index contributed by atoms with van der Waals surface area (Å²) in [5.41, 5.74) is 7.30. The largest absolute Gasteiger partial charge is 0.484 e. The zero-order valence-electron chi connectivity index (χ0n) is 9.87. The molecule has 0 aliphatic rings. The van der Waals surface area contributed by atoms with Crippen molar-refractivity contribution in [1.29, 1.82) is 0 Å². The summed E-state index contributed by atoms with van der Waals surface area (Å²) in [7, 11) is 0. The third-order valence-corrected chi connectivity index (χ3v) is 3.44. The number of benzene rings is 1. The molecule has 17 heavy (non-hydrogen) atoms. The maximum absolute atomic E-state index is 6.14. The molecule has 0 fully saturated rings. The average Bonchev–Trinajstić information content (AvgIpc) is 2.90. The lowest BCUT2D eigenvalue weighted by atomic mass is 10.0. The second-order valence-electron chi connectivity index (χ2n) is 3.98. The summed E-state index contributed by atoms with van der Waals surface area (Å²) in [5, 5.41) is 4.15. The number of para-hydroxylation sites is 1. The summed E-state index contributed by atoms with van der Waals surface area (Å²) in [6, 6.07) is 11.9. The van der Waals surface area contributed by atoms with Crippen molar-refractivity contribution >= 4 is 11.3 Å². The molecule has 2 unspecified atom stereocenters. The van der Waals surface area contributed by atoms with Crippen molar-refractivity contribution < 1.29 is 4.74 Å². The summed E-state index contributed by atoms with van der Waals surface area (Å²) < 4.78 is 5.99. The van der Waals surface area contributed by atoms with Crippen molar-refractivity contribution in [2.24, 2.45) is 5.73 Å². The van der Waals surface area contributed by atoms with E-state index in [2.05, 4.69) is 23.8 Å². The fourth-order valence-electron chi connectivity index (χ4n) is 1.70. The fraction of sp³-hybridized carbons (Fsp3) is 0.286. The summed E-state index contributed by atoms with van der Waals surface area (Å²) in [4.78, 5) is 0. The fourth-order valence-corrected chi connectivity index (χ4v) is 2.38. The molecule has 90 valence electrons. The van der Waals surface area contributed by atoms with E-state index in [1.165, 1.54) is 0 Å². The third kappa shape index (κ3) is 3.08. The van der Waals surface area contributed by atoms with Gasteiger partial charge in [0.15, 0.2) is 0 Å². The minimum absolute atomic E-state index is 0.0183. The topological polar surface area (TPSA) is 35.2 Å². The highest BCUT2D eigenvalue weighted by Gasteiger charge is 2.20. The highest BCUT2D eigenvalue weighted by molar-refractivity contribution is 7.07. The Morgan fingerprint density at radius 1 is 1.24 bits per heavy atom. The minimum Gasteiger partial charge on any atom is -0.484 e. The predicted molar refractivity (Wildman–Crippen MR) is 72.4 cm³/mol. The van der Waals surface area contributed by atoms with Gasteiger partial charge in [-0.1, -0.05) is 25.1 Å². The zero-order valence-corrected chi connectivity index (χ0v) is 10.7. The molecule has 0 aliphatic carbocycles. The molecule has 2 atom stereocenters. The molecule has 0 radical (unpaired) electrons. The van der Waals surface area contributed by atoms with Gasteiger partial charge in [0.1, 0.15) is 11.9 Å². The quantitative estimate of drug-likeness (QED) is 0.876. The van der Waals surface area contributed by atoms with Gasteiger partial charge in [-0.05, 0) is 35.4 Å². The average molecular weight is 247 g/mol. The van der Waals surface area contributed by atoms with Crippen molar-refractivity contribution in [3.8, 4) is 5.75 Å². The standard InChI is InChI=1S/C14H17NOS/c1-2-13(15)14(11-8-9-17-10-11)16-12-6-4-3-5-7-12/h3-10,13-14H,2,15H2,1H3. The predicted octanol–water partition coefficient (Wildman–Crippen LogP) is 3.61. The van der Waals surface area contributed by atoms with Crippen molar-refractivity contribution in [3.05, 3.63) is 52.7 Å². The lowest BCUT2D eigenvalue weighted by Gasteiger charge is -2.23. The Bertz CT molecular complexity index is 427. The molecule has 2 aromatic rings. The molecule has 1 heterocycles. The van der Waals surface area contributed by atoms with E-state index < -0.39 is 0 Å². The van der Waals surface area contributed by atoms with Crippen LogP contribution < -0.4 is 10.5 Å². The molecule has 0 saturated carbocycles. The van der Waals surface area contributed by atoms with E-state index >= 15 is 0 Å². The van der Waals surface area contributed by atoms with Crippen LogP contribution in [0.2, 0.25) is 0 Å². The van der Waals surface area contributed by atoms with Gasteiger partial charge >= 0.3 is 0 Å². The molecule has 0 spiro atoms. The Balaban J connectivity index is 2.17. The Labute approximate surface area is 106 Å². The number of hydrogen-bond donors (Lipinski definition) is 1. The molecular formula is C14H17NOS. The first-order chi connectivity index (χ1) is 8.31. The second-order valence-corrected chi connectivity index (χ2v) is 4.76. The lowest BCUT2D eigenvalue weighted by Crippen LogP contribution is -2.31. The van der Waals surface area contributed by atoms with Crippen molar-refractivity contribution in [2.75, 3.05) is 0 Å². The molecule has 2 nitrogen and oxygen atoms in total. The van der Waals surface area contributed by atoms with E-state index in [1.54, 1.807) is 11.3 Å². The van der Waals surface area contributed by atoms with Gasteiger partial charge in [-0.25, -0.2) is 0 Å². The van der Waals surface area contributed by atoms with E-state index in [1.807, 2.05) is 30.3 Å². The Morgan fingerprint density at radius 3 is 2.59 bits per heavy atom. The van der Waals surface area contributed by atoms with Crippen LogP contribution in [0.1, 0.15) is 25.0 Å². The number of rotatable bonds is 5. The Hall–Kier alpha value is -1.32. The van der Waals surface area contributed by atoms with Crippen LogP contribution in [0.4, 0.5) is 0 Å². The number of thiophene rings is 1. The Kier molecular flexibility index (Phi) is 4.18. The lowest BCUT2D eigenvalue weighted by molar-refractivity contribution is 0.171. The van der Waals surface area contributed by atoms with E-state index in [4.69, 9.17) is 10.5 Å². The zero-order chi connectivity index (χ0) is 12.1. The van der Waals surface area contributed by atoms with Crippen LogP contribution in [0.15, 0.2) is 47.2 Å². The third-order valence-electron chi connectivity index (χ3n) is 2.74. The highest BCUT2D eigenvalue weighted by atomic mass is 32.1. The van der Waals surface area contributed by atoms with Gasteiger partial charge in [0.05, 0.1) is 0 Å². The summed E-state index contributed by atoms with van der Waals surface area (Å²) in [6.45, 7) is 2.08. The highest BCUT2D eigenvalue weighted by Crippen LogP contribution is 2.26. The molecule has 2 N–H and O–H groups in total. The van der Waals surface area contributed by atoms with Crippen LogP contribution in [0.3, 0.4) is 0 Å². The summed E-state index contributed by atoms with van der Waals surface area (Å²) >= 11 is 1.67. The maximum Gasteiger partial charge on any atom is 0.140 e. The van der Waals surface area contributed by atoms with Crippen LogP contribution in [-0.2, 0) is 0 Å². The molecule has 0 amide bonds. The summed E-state index contributed by atoms with van der Waals surface area (Å²) in [5.74, 6) is 0.868.